The molecule has 1 saturated heterocycles. The molecule has 2 N–H and O–H groups in total. The summed E-state index contributed by atoms with van der Waals surface area (Å²) in [5.41, 5.74) is 1.73. The normalized spacial score (nSPS) is 21.7. The summed E-state index contributed by atoms with van der Waals surface area (Å²) in [7, 11) is 1.57. The van der Waals surface area contributed by atoms with Crippen molar-refractivity contribution in [3.05, 3.63) is 53.2 Å². The number of hydrogen-bond acceptors (Lipinski definition) is 6. The number of aryl methyl sites for hydroxylation is 2. The topological polar surface area (TPSA) is 83.9 Å². The Hall–Kier alpha value is -2.71. The van der Waals surface area contributed by atoms with E-state index in [9.17, 15) is 9.90 Å². The molecule has 0 radical (unpaired) electrons. The van der Waals surface area contributed by atoms with E-state index < -0.39 is 17.9 Å². The van der Waals surface area contributed by atoms with Crippen LogP contribution in [0.3, 0.4) is 0 Å². The number of nitrogens with zero attached hydrogens (tertiary/aromatic N) is 2. The maximum atomic E-state index is 15.7. The molecule has 35 heavy (non-hydrogen) atoms. The van der Waals surface area contributed by atoms with E-state index >= 15 is 4.39 Å². The smallest absolute Gasteiger partial charge is 0.304 e. The molecule has 7 nitrogen and oxygen atoms in total. The van der Waals surface area contributed by atoms with Crippen molar-refractivity contribution in [2.45, 2.75) is 63.3 Å². The minimum Gasteiger partial charge on any atom is -0.481 e. The van der Waals surface area contributed by atoms with E-state index in [-0.39, 0.29) is 12.3 Å². The molecule has 8 heteroatoms. The number of halogens is 1. The van der Waals surface area contributed by atoms with Gasteiger partial charge in [-0.2, -0.15) is 0 Å². The molecule has 2 aliphatic rings. The quantitative estimate of drug-likeness (QED) is 0.456. The zero-order valence-electron chi connectivity index (χ0n) is 20.6. The van der Waals surface area contributed by atoms with Crippen molar-refractivity contribution in [1.82, 2.24) is 9.88 Å². The summed E-state index contributed by atoms with van der Waals surface area (Å²) < 4.78 is 26.6. The molecular weight excluding hydrogens is 449 g/mol. The van der Waals surface area contributed by atoms with Crippen molar-refractivity contribution in [1.29, 1.82) is 0 Å². The van der Waals surface area contributed by atoms with Gasteiger partial charge in [-0.15, -0.1) is 0 Å². The number of aliphatic carboxylic acids is 1. The number of carboxylic acids is 1. The van der Waals surface area contributed by atoms with E-state index in [2.05, 4.69) is 16.3 Å². The number of nitrogens with one attached hydrogen (secondary N) is 1. The first-order valence-electron chi connectivity index (χ1n) is 12.5. The fourth-order valence-corrected chi connectivity index (χ4v) is 5.03. The second-order valence-corrected chi connectivity index (χ2v) is 9.77. The Bertz CT molecular complexity index is 1020. The van der Waals surface area contributed by atoms with Crippen LogP contribution in [0.4, 0.5) is 10.2 Å². The molecule has 1 aromatic carbocycles. The maximum absolute atomic E-state index is 15.7. The van der Waals surface area contributed by atoms with E-state index in [0.29, 0.717) is 44.6 Å². The Balaban J connectivity index is 1.37. The summed E-state index contributed by atoms with van der Waals surface area (Å²) in [4.78, 5) is 18.4. The minimum absolute atomic E-state index is 0.0227. The summed E-state index contributed by atoms with van der Waals surface area (Å²) in [6.45, 7) is 4.14. The van der Waals surface area contributed by atoms with Gasteiger partial charge in [-0.25, -0.2) is 9.37 Å². The molecule has 0 spiro atoms. The van der Waals surface area contributed by atoms with Crippen LogP contribution in [0.1, 0.15) is 55.3 Å². The van der Waals surface area contributed by atoms with Gasteiger partial charge in [0.05, 0.1) is 6.42 Å². The molecule has 0 bridgehead atoms. The summed E-state index contributed by atoms with van der Waals surface area (Å²) in [6.07, 6.45) is 3.18. The molecule has 2 aromatic rings. The van der Waals surface area contributed by atoms with Crippen molar-refractivity contribution < 1.29 is 23.8 Å². The third-order valence-corrected chi connectivity index (χ3v) is 7.03. The van der Waals surface area contributed by atoms with Crippen LogP contribution in [0.25, 0.3) is 0 Å². The van der Waals surface area contributed by atoms with Crippen LogP contribution in [0.5, 0.6) is 5.75 Å². The average molecular weight is 486 g/mol. The number of ether oxygens (including phenoxy) is 2. The molecule has 3 unspecified atom stereocenters. The van der Waals surface area contributed by atoms with Crippen LogP contribution in [0.15, 0.2) is 36.4 Å². The van der Waals surface area contributed by atoms with Crippen molar-refractivity contribution in [3.8, 4) is 5.75 Å². The molecule has 1 aromatic heterocycles. The van der Waals surface area contributed by atoms with Crippen molar-refractivity contribution in [3.63, 3.8) is 0 Å². The largest absolute Gasteiger partial charge is 0.481 e. The van der Waals surface area contributed by atoms with Crippen LogP contribution in [0, 0.1) is 0 Å². The van der Waals surface area contributed by atoms with Crippen LogP contribution < -0.4 is 10.1 Å². The van der Waals surface area contributed by atoms with Crippen molar-refractivity contribution in [2.24, 2.45) is 0 Å². The zero-order valence-corrected chi connectivity index (χ0v) is 20.6. The van der Waals surface area contributed by atoms with E-state index in [4.69, 9.17) is 14.5 Å². The number of fused-ring (bicyclic) bond motifs is 1. The summed E-state index contributed by atoms with van der Waals surface area (Å²) in [5.74, 6) is 0.437. The first kappa shape index (κ1) is 25.4. The second-order valence-electron chi connectivity index (χ2n) is 9.77. The van der Waals surface area contributed by atoms with Crippen LogP contribution in [-0.4, -0.2) is 66.2 Å². The Morgan fingerprint density at radius 2 is 2.20 bits per heavy atom. The standard InChI is InChI=1S/C27H36FN3O4/c1-19(34-2)35-24-7-3-5-21(15-24)22(16-25(32)33)17-31-14-12-27(28,18-31)11-10-23-9-8-20-6-4-13-29-26(20)30-23/h3,5,7-9,15,19,22H,4,6,10-14,16-18H2,1-2H3,(H,29,30)(H,32,33). The number of rotatable bonds is 11. The van der Waals surface area contributed by atoms with E-state index in [1.165, 1.54) is 5.56 Å². The fourth-order valence-electron chi connectivity index (χ4n) is 5.03. The van der Waals surface area contributed by atoms with Crippen LogP contribution >= 0.6 is 0 Å². The van der Waals surface area contributed by atoms with Gasteiger partial charge < -0.3 is 19.9 Å². The third-order valence-electron chi connectivity index (χ3n) is 7.03. The molecule has 0 aliphatic carbocycles. The zero-order chi connectivity index (χ0) is 24.8. The lowest BCUT2D eigenvalue weighted by Crippen LogP contribution is -2.32. The SMILES string of the molecule is COC(C)Oc1cccc(C(CC(=O)O)CN2CCC(F)(CCc3ccc4c(n3)NCCC4)C2)c1. The molecule has 3 atom stereocenters. The number of carboxylic acid groups (broad SMARTS) is 1. The highest BCUT2D eigenvalue weighted by Gasteiger charge is 2.39. The predicted molar refractivity (Wildman–Crippen MR) is 133 cm³/mol. The van der Waals surface area contributed by atoms with Gasteiger partial charge in [-0.1, -0.05) is 18.2 Å². The van der Waals surface area contributed by atoms with Crippen LogP contribution in [-0.2, 0) is 22.4 Å². The van der Waals surface area contributed by atoms with Gasteiger partial charge in [-0.3, -0.25) is 9.69 Å². The number of benzene rings is 1. The number of methoxy groups -OCH3 is 1. The van der Waals surface area contributed by atoms with Gasteiger partial charge in [0.25, 0.3) is 0 Å². The second kappa shape index (κ2) is 11.4. The van der Waals surface area contributed by atoms with E-state index in [0.717, 1.165) is 36.5 Å². The first-order valence-corrected chi connectivity index (χ1v) is 12.5. The lowest BCUT2D eigenvalue weighted by Gasteiger charge is -2.25. The Morgan fingerprint density at radius 3 is 3.00 bits per heavy atom. The highest BCUT2D eigenvalue weighted by molar-refractivity contribution is 5.68. The molecule has 190 valence electrons. The molecule has 4 rings (SSSR count). The summed E-state index contributed by atoms with van der Waals surface area (Å²) >= 11 is 0. The van der Waals surface area contributed by atoms with Gasteiger partial charge in [0.1, 0.15) is 17.2 Å². The number of alkyl halides is 1. The average Bonchev–Trinajstić information content (AvgIpc) is 3.22. The van der Waals surface area contributed by atoms with E-state index in [1.54, 1.807) is 14.0 Å². The minimum atomic E-state index is -1.29. The molecule has 0 saturated carbocycles. The monoisotopic (exact) mass is 485 g/mol. The number of likely N-dealkylation sites (tertiary alicyclic amines) is 1. The number of hydrogen-bond donors (Lipinski definition) is 2. The molecule has 3 heterocycles. The lowest BCUT2D eigenvalue weighted by atomic mass is 9.94. The van der Waals surface area contributed by atoms with Gasteiger partial charge in [-0.05, 0) is 68.4 Å². The summed E-state index contributed by atoms with van der Waals surface area (Å²) in [5, 5.41) is 12.9. The molecule has 0 amide bonds. The first-order chi connectivity index (χ1) is 16.8. The molecule has 1 fully saturated rings. The fraction of sp³-hybridized carbons (Fsp3) is 0.556. The molecular formula is C27H36FN3O4. The maximum Gasteiger partial charge on any atom is 0.304 e. The predicted octanol–water partition coefficient (Wildman–Crippen LogP) is 4.42. The van der Waals surface area contributed by atoms with Gasteiger partial charge >= 0.3 is 5.97 Å². The van der Waals surface area contributed by atoms with Gasteiger partial charge in [0.15, 0.2) is 6.29 Å². The highest BCUT2D eigenvalue weighted by Crippen LogP contribution is 2.33. The van der Waals surface area contributed by atoms with Crippen molar-refractivity contribution >= 4 is 11.8 Å². The van der Waals surface area contributed by atoms with Crippen LogP contribution in [0.2, 0.25) is 0 Å². The Kier molecular flexibility index (Phi) is 8.23. The number of aromatic nitrogens is 1. The summed E-state index contributed by atoms with van der Waals surface area (Å²) in [6, 6.07) is 11.6. The highest BCUT2D eigenvalue weighted by atomic mass is 19.1. The molecule has 2 aliphatic heterocycles. The Morgan fingerprint density at radius 1 is 1.34 bits per heavy atom. The number of pyridine rings is 1. The number of carbonyl (C=O) groups is 1. The van der Waals surface area contributed by atoms with E-state index in [1.807, 2.05) is 30.3 Å². The van der Waals surface area contributed by atoms with Gasteiger partial charge in [0, 0.05) is 44.9 Å². The lowest BCUT2D eigenvalue weighted by molar-refractivity contribution is -0.137. The third kappa shape index (κ3) is 6.92. The van der Waals surface area contributed by atoms with Gasteiger partial charge in [0.2, 0.25) is 0 Å². The number of anilines is 1. The van der Waals surface area contributed by atoms with Crippen molar-refractivity contribution in [2.75, 3.05) is 38.6 Å². The Labute approximate surface area is 206 Å².